The Balaban J connectivity index is 1.50. The van der Waals surface area contributed by atoms with Crippen LogP contribution in [-0.2, 0) is 16.0 Å². The Morgan fingerprint density at radius 1 is 0.964 bits per heavy atom. The molecule has 3 aromatic rings. The summed E-state index contributed by atoms with van der Waals surface area (Å²) in [6.45, 7) is 1.35. The molecule has 146 valence electrons. The number of hydrogen-bond acceptors (Lipinski definition) is 2. The van der Waals surface area contributed by atoms with Crippen molar-refractivity contribution >= 4 is 33.1 Å². The van der Waals surface area contributed by atoms with E-state index in [9.17, 15) is 4.79 Å². The van der Waals surface area contributed by atoms with Crippen molar-refractivity contribution in [2.75, 3.05) is 34.3 Å². The van der Waals surface area contributed by atoms with E-state index in [-0.39, 0.29) is 5.97 Å². The van der Waals surface area contributed by atoms with Crippen molar-refractivity contribution < 1.29 is 14.0 Å². The van der Waals surface area contributed by atoms with Crippen LogP contribution < -0.4 is 5.22 Å². The summed E-state index contributed by atoms with van der Waals surface area (Å²) in [7, 11) is 6.32. The summed E-state index contributed by atoms with van der Waals surface area (Å²) in [6.07, 6.45) is 4.54. The van der Waals surface area contributed by atoms with Gasteiger partial charge in [0.15, 0.2) is 0 Å². The van der Waals surface area contributed by atoms with Gasteiger partial charge < -0.3 is 9.22 Å². The lowest BCUT2D eigenvalue weighted by molar-refractivity contribution is -0.870. The molecule has 0 saturated heterocycles. The molecule has 3 aromatic carbocycles. The van der Waals surface area contributed by atoms with Crippen molar-refractivity contribution in [3.8, 4) is 0 Å². The molecule has 3 heteroatoms. The fourth-order valence-electron chi connectivity index (χ4n) is 4.29. The predicted octanol–water partition coefficient (Wildman–Crippen LogP) is 4.23. The van der Waals surface area contributed by atoms with Crippen LogP contribution in [0.2, 0.25) is 0 Å². The molecule has 4 rings (SSSR count). The lowest BCUT2D eigenvalue weighted by atomic mass is 9.85. The SMILES string of the molecule is C[N+](C)(C)CCOC(=O)CCCC1=c2ccc3cccc4ccc(c2c43)CC1. The first-order valence-corrected chi connectivity index (χ1v) is 10.3. The van der Waals surface area contributed by atoms with Crippen LogP contribution in [0.15, 0.2) is 42.5 Å². The maximum Gasteiger partial charge on any atom is 0.306 e. The summed E-state index contributed by atoms with van der Waals surface area (Å²) >= 11 is 0. The number of nitrogens with zero attached hydrogens (tertiary/aromatic N) is 1. The van der Waals surface area contributed by atoms with Gasteiger partial charge in [-0.15, -0.1) is 0 Å². The minimum atomic E-state index is -0.0674. The van der Waals surface area contributed by atoms with Crippen molar-refractivity contribution in [1.82, 2.24) is 0 Å². The van der Waals surface area contributed by atoms with Gasteiger partial charge in [0.1, 0.15) is 13.2 Å². The van der Waals surface area contributed by atoms with E-state index in [1.807, 2.05) is 0 Å². The monoisotopic (exact) mass is 376 g/mol. The molecule has 0 atom stereocenters. The van der Waals surface area contributed by atoms with Crippen molar-refractivity contribution in [2.24, 2.45) is 0 Å². The van der Waals surface area contributed by atoms with Gasteiger partial charge in [-0.3, -0.25) is 4.79 Å². The summed E-state index contributed by atoms with van der Waals surface area (Å²) in [4.78, 5) is 12.0. The van der Waals surface area contributed by atoms with Gasteiger partial charge in [-0.1, -0.05) is 48.0 Å². The predicted molar refractivity (Wildman–Crippen MR) is 116 cm³/mol. The number of esters is 1. The number of likely N-dealkylation sites (N-methyl/N-ethyl adjacent to an activating group) is 1. The second-order valence-corrected chi connectivity index (χ2v) is 8.98. The van der Waals surface area contributed by atoms with Crippen LogP contribution in [0.5, 0.6) is 0 Å². The molecule has 0 amide bonds. The molecule has 0 fully saturated rings. The third kappa shape index (κ3) is 3.90. The van der Waals surface area contributed by atoms with Gasteiger partial charge in [0.2, 0.25) is 0 Å². The van der Waals surface area contributed by atoms with E-state index in [1.165, 1.54) is 37.9 Å². The van der Waals surface area contributed by atoms with E-state index >= 15 is 0 Å². The molecule has 1 aliphatic carbocycles. The highest BCUT2D eigenvalue weighted by Gasteiger charge is 2.16. The molecule has 0 unspecified atom stereocenters. The van der Waals surface area contributed by atoms with Crippen molar-refractivity contribution in [3.05, 3.63) is 53.2 Å². The summed E-state index contributed by atoms with van der Waals surface area (Å²) in [5, 5.41) is 6.86. The molecule has 0 spiro atoms. The molecule has 0 bridgehead atoms. The van der Waals surface area contributed by atoms with Crippen molar-refractivity contribution in [2.45, 2.75) is 32.1 Å². The average molecular weight is 377 g/mol. The van der Waals surface area contributed by atoms with Crippen molar-refractivity contribution in [3.63, 3.8) is 0 Å². The second kappa shape index (κ2) is 7.56. The Labute approximate surface area is 167 Å². The zero-order valence-electron chi connectivity index (χ0n) is 17.3. The summed E-state index contributed by atoms with van der Waals surface area (Å²) in [5.74, 6) is -0.0674. The maximum absolute atomic E-state index is 12.0. The summed E-state index contributed by atoms with van der Waals surface area (Å²) in [6, 6.07) is 15.6. The van der Waals surface area contributed by atoms with Crippen LogP contribution >= 0.6 is 0 Å². The quantitative estimate of drug-likeness (QED) is 0.456. The normalized spacial score (nSPS) is 14.0. The van der Waals surface area contributed by atoms with E-state index in [0.29, 0.717) is 13.0 Å². The van der Waals surface area contributed by atoms with Gasteiger partial charge in [-0.05, 0) is 58.0 Å². The number of carbonyl (C=O) groups is 1. The first-order chi connectivity index (χ1) is 13.4. The number of rotatable bonds is 7. The number of hydrogen-bond donors (Lipinski definition) is 0. The Morgan fingerprint density at radius 2 is 1.71 bits per heavy atom. The fraction of sp³-hybridized carbons (Fsp3) is 0.400. The van der Waals surface area contributed by atoms with Gasteiger partial charge in [-0.2, -0.15) is 0 Å². The van der Waals surface area contributed by atoms with Gasteiger partial charge in [0, 0.05) is 6.42 Å². The molecule has 1 aliphatic rings. The Hall–Kier alpha value is -2.39. The molecule has 0 N–H and O–H groups in total. The van der Waals surface area contributed by atoms with Crippen LogP contribution in [0, 0.1) is 0 Å². The van der Waals surface area contributed by atoms with Crippen molar-refractivity contribution in [1.29, 1.82) is 0 Å². The third-order valence-electron chi connectivity index (χ3n) is 5.82. The van der Waals surface area contributed by atoms with Gasteiger partial charge in [-0.25, -0.2) is 0 Å². The molecule has 0 saturated carbocycles. The van der Waals surface area contributed by atoms with Gasteiger partial charge in [0.25, 0.3) is 0 Å². The van der Waals surface area contributed by atoms with E-state index < -0.39 is 0 Å². The standard InChI is InChI=1S/C25H30NO2/c1-26(2,3)16-17-28-23(27)9-5-6-18-10-11-21-13-12-19-7-4-8-20-14-15-22(18)25(21)24(19)20/h4,7-8,12-15H,5-6,9-11,16-17H2,1-3H3/q+1. The maximum atomic E-state index is 12.0. The van der Waals surface area contributed by atoms with E-state index in [1.54, 1.807) is 0 Å². The van der Waals surface area contributed by atoms with Crippen LogP contribution in [-0.4, -0.2) is 44.7 Å². The van der Waals surface area contributed by atoms with Gasteiger partial charge in [0.05, 0.1) is 21.1 Å². The molecule has 3 nitrogen and oxygen atoms in total. The highest BCUT2D eigenvalue weighted by Crippen LogP contribution is 2.31. The third-order valence-corrected chi connectivity index (χ3v) is 5.82. The van der Waals surface area contributed by atoms with Gasteiger partial charge >= 0.3 is 5.97 Å². The Morgan fingerprint density at radius 3 is 2.46 bits per heavy atom. The number of ether oxygens (including phenoxy) is 1. The van der Waals surface area contributed by atoms with E-state index in [4.69, 9.17) is 4.74 Å². The topological polar surface area (TPSA) is 26.3 Å². The smallest absolute Gasteiger partial charge is 0.306 e. The molecular formula is C25H30NO2+. The zero-order valence-corrected chi connectivity index (χ0v) is 17.3. The van der Waals surface area contributed by atoms with Crippen LogP contribution in [0.25, 0.3) is 27.1 Å². The Kier molecular flexibility index (Phi) is 5.11. The van der Waals surface area contributed by atoms with E-state index in [2.05, 4.69) is 63.6 Å². The zero-order chi connectivity index (χ0) is 19.7. The molecule has 0 aromatic heterocycles. The minimum absolute atomic E-state index is 0.0674. The molecular weight excluding hydrogens is 346 g/mol. The molecule has 28 heavy (non-hydrogen) atoms. The number of quaternary nitrogens is 1. The van der Waals surface area contributed by atoms with E-state index in [0.717, 1.165) is 36.7 Å². The number of carbonyl (C=O) groups excluding carboxylic acids is 1. The average Bonchev–Trinajstić information content (AvgIpc) is 2.66. The summed E-state index contributed by atoms with van der Waals surface area (Å²) in [5.41, 5.74) is 2.95. The minimum Gasteiger partial charge on any atom is -0.460 e. The number of benzene rings is 3. The molecule has 0 heterocycles. The highest BCUT2D eigenvalue weighted by atomic mass is 16.5. The lowest BCUT2D eigenvalue weighted by Gasteiger charge is -2.23. The first-order valence-electron chi connectivity index (χ1n) is 10.3. The second-order valence-electron chi connectivity index (χ2n) is 8.98. The Bertz CT molecular complexity index is 1060. The van der Waals surface area contributed by atoms with Crippen LogP contribution in [0.3, 0.4) is 0 Å². The molecule has 0 radical (unpaired) electrons. The largest absolute Gasteiger partial charge is 0.460 e. The lowest BCUT2D eigenvalue weighted by Crippen LogP contribution is -2.38. The number of aryl methyl sites for hydroxylation is 1. The molecule has 0 aliphatic heterocycles. The van der Waals surface area contributed by atoms with Crippen LogP contribution in [0.1, 0.15) is 31.2 Å². The fourth-order valence-corrected chi connectivity index (χ4v) is 4.29. The first kappa shape index (κ1) is 18.9. The van der Waals surface area contributed by atoms with Crippen LogP contribution in [0.4, 0.5) is 0 Å². The summed E-state index contributed by atoms with van der Waals surface area (Å²) < 4.78 is 6.21. The highest BCUT2D eigenvalue weighted by molar-refractivity contribution is 6.12.